The number of amides is 1. The number of halogens is 2. The predicted molar refractivity (Wildman–Crippen MR) is 118 cm³/mol. The molecule has 162 valence electrons. The highest BCUT2D eigenvalue weighted by Crippen LogP contribution is 2.29. The fourth-order valence-electron chi connectivity index (χ4n) is 3.34. The molecule has 0 atom stereocenters. The zero-order valence-electron chi connectivity index (χ0n) is 17.5. The zero-order chi connectivity index (χ0) is 21.8. The summed E-state index contributed by atoms with van der Waals surface area (Å²) in [4.78, 5) is 37.9. The lowest BCUT2D eigenvalue weighted by molar-refractivity contribution is -0.131. The standard InChI is InChI=1S/C21H26Cl2N4O3/c1-4-30-21(29)19-20(25-17-12-15(23)14(22)11-16(17)24-19)27-9-7-26(8-10-27)18(28)6-5-13(2)3/h11-13H,4-10H2,1-3H3. The van der Waals surface area contributed by atoms with Crippen LogP contribution in [0.2, 0.25) is 10.0 Å². The van der Waals surface area contributed by atoms with Crippen LogP contribution in [0.3, 0.4) is 0 Å². The first-order chi connectivity index (χ1) is 14.3. The van der Waals surface area contributed by atoms with Gasteiger partial charge in [-0.1, -0.05) is 37.0 Å². The Balaban J connectivity index is 1.85. The van der Waals surface area contributed by atoms with Gasteiger partial charge in [0.05, 0.1) is 27.7 Å². The highest BCUT2D eigenvalue weighted by Gasteiger charge is 2.27. The minimum absolute atomic E-state index is 0.141. The first-order valence-electron chi connectivity index (χ1n) is 10.2. The van der Waals surface area contributed by atoms with Crippen LogP contribution in [0.1, 0.15) is 44.1 Å². The summed E-state index contributed by atoms with van der Waals surface area (Å²) in [7, 11) is 0. The van der Waals surface area contributed by atoms with E-state index in [0.29, 0.717) is 65.4 Å². The Morgan fingerprint density at radius 1 is 1.07 bits per heavy atom. The number of esters is 1. The molecule has 1 aromatic heterocycles. The number of carbonyl (C=O) groups excluding carboxylic acids is 2. The SMILES string of the molecule is CCOC(=O)c1nc2cc(Cl)c(Cl)cc2nc1N1CCN(C(=O)CCC(C)C)CC1. The molecule has 1 amide bonds. The summed E-state index contributed by atoms with van der Waals surface area (Å²) in [6.45, 7) is 8.45. The number of nitrogens with zero attached hydrogens (tertiary/aromatic N) is 4. The largest absolute Gasteiger partial charge is 0.461 e. The number of ether oxygens (including phenoxy) is 1. The normalized spacial score (nSPS) is 14.5. The van der Waals surface area contributed by atoms with E-state index in [1.165, 1.54) is 0 Å². The number of carbonyl (C=O) groups is 2. The van der Waals surface area contributed by atoms with Gasteiger partial charge in [-0.2, -0.15) is 0 Å². The van der Waals surface area contributed by atoms with Crippen LogP contribution < -0.4 is 4.90 Å². The van der Waals surface area contributed by atoms with E-state index in [-0.39, 0.29) is 18.2 Å². The molecule has 1 aliphatic heterocycles. The Hall–Kier alpha value is -2.12. The molecule has 1 aromatic carbocycles. The molecule has 0 spiro atoms. The molecular weight excluding hydrogens is 427 g/mol. The van der Waals surface area contributed by atoms with Crippen LogP contribution in [0.25, 0.3) is 11.0 Å². The van der Waals surface area contributed by atoms with Gasteiger partial charge in [0.25, 0.3) is 0 Å². The second-order valence-corrected chi connectivity index (χ2v) is 8.49. The monoisotopic (exact) mass is 452 g/mol. The summed E-state index contributed by atoms with van der Waals surface area (Å²) in [6.07, 6.45) is 1.44. The maximum Gasteiger partial charge on any atom is 0.360 e. The van der Waals surface area contributed by atoms with Gasteiger partial charge < -0.3 is 14.5 Å². The molecule has 2 heterocycles. The van der Waals surface area contributed by atoms with Crippen molar-refractivity contribution in [3.05, 3.63) is 27.9 Å². The molecule has 1 aliphatic rings. The molecule has 9 heteroatoms. The van der Waals surface area contributed by atoms with Crippen LogP contribution >= 0.6 is 23.2 Å². The van der Waals surface area contributed by atoms with Crippen LogP contribution in [0.5, 0.6) is 0 Å². The van der Waals surface area contributed by atoms with Crippen molar-refractivity contribution in [2.75, 3.05) is 37.7 Å². The van der Waals surface area contributed by atoms with Crippen molar-refractivity contribution >= 4 is 51.9 Å². The van der Waals surface area contributed by atoms with E-state index < -0.39 is 5.97 Å². The lowest BCUT2D eigenvalue weighted by Crippen LogP contribution is -2.49. The van der Waals surface area contributed by atoms with Gasteiger partial charge in [0.15, 0.2) is 11.5 Å². The summed E-state index contributed by atoms with van der Waals surface area (Å²) < 4.78 is 5.18. The fraction of sp³-hybridized carbons (Fsp3) is 0.524. The van der Waals surface area contributed by atoms with E-state index in [4.69, 9.17) is 27.9 Å². The van der Waals surface area contributed by atoms with E-state index in [1.54, 1.807) is 19.1 Å². The summed E-state index contributed by atoms with van der Waals surface area (Å²) in [5.41, 5.74) is 1.16. The number of aromatic nitrogens is 2. The van der Waals surface area contributed by atoms with Crippen molar-refractivity contribution in [3.8, 4) is 0 Å². The number of piperazine rings is 1. The Kier molecular flexibility index (Phi) is 7.36. The molecular formula is C21H26Cl2N4O3. The third kappa shape index (κ3) is 5.13. The van der Waals surface area contributed by atoms with Gasteiger partial charge in [-0.15, -0.1) is 0 Å². The average Bonchev–Trinajstić information content (AvgIpc) is 2.72. The van der Waals surface area contributed by atoms with E-state index >= 15 is 0 Å². The third-order valence-corrected chi connectivity index (χ3v) is 5.75. The summed E-state index contributed by atoms with van der Waals surface area (Å²) in [5, 5.41) is 0.711. The maximum atomic E-state index is 12.6. The number of rotatable bonds is 6. The average molecular weight is 453 g/mol. The molecule has 0 aliphatic carbocycles. The molecule has 0 unspecified atom stereocenters. The van der Waals surface area contributed by atoms with E-state index in [9.17, 15) is 9.59 Å². The Morgan fingerprint density at radius 2 is 1.67 bits per heavy atom. The van der Waals surface area contributed by atoms with Gasteiger partial charge in [0.2, 0.25) is 5.91 Å². The number of hydrogen-bond donors (Lipinski definition) is 0. The van der Waals surface area contributed by atoms with E-state index in [1.807, 2.05) is 9.80 Å². The van der Waals surface area contributed by atoms with E-state index in [2.05, 4.69) is 23.8 Å². The Labute approximate surface area is 186 Å². The van der Waals surface area contributed by atoms with Gasteiger partial charge in [-0.05, 0) is 31.4 Å². The minimum Gasteiger partial charge on any atom is -0.461 e. The highest BCUT2D eigenvalue weighted by atomic mass is 35.5. The highest BCUT2D eigenvalue weighted by molar-refractivity contribution is 6.42. The molecule has 0 bridgehead atoms. The number of benzene rings is 1. The van der Waals surface area contributed by atoms with Crippen molar-refractivity contribution in [2.24, 2.45) is 5.92 Å². The zero-order valence-corrected chi connectivity index (χ0v) is 19.0. The molecule has 1 fully saturated rings. The van der Waals surface area contributed by atoms with Crippen LogP contribution in [-0.4, -0.2) is 59.5 Å². The Bertz CT molecular complexity index is 943. The predicted octanol–water partition coefficient (Wildman–Crippen LogP) is 4.20. The number of anilines is 1. The summed E-state index contributed by atoms with van der Waals surface area (Å²) >= 11 is 12.2. The summed E-state index contributed by atoms with van der Waals surface area (Å²) in [5.74, 6) is 0.563. The van der Waals surface area contributed by atoms with Crippen molar-refractivity contribution < 1.29 is 14.3 Å². The van der Waals surface area contributed by atoms with Crippen molar-refractivity contribution in [3.63, 3.8) is 0 Å². The van der Waals surface area contributed by atoms with Crippen LogP contribution in [0.15, 0.2) is 12.1 Å². The van der Waals surface area contributed by atoms with Crippen LogP contribution in [0.4, 0.5) is 5.82 Å². The van der Waals surface area contributed by atoms with Crippen LogP contribution in [-0.2, 0) is 9.53 Å². The first-order valence-corrected chi connectivity index (χ1v) is 10.9. The van der Waals surface area contributed by atoms with Gasteiger partial charge in [0.1, 0.15) is 0 Å². The Morgan fingerprint density at radius 3 is 2.23 bits per heavy atom. The number of fused-ring (bicyclic) bond motifs is 1. The third-order valence-electron chi connectivity index (χ3n) is 5.02. The second-order valence-electron chi connectivity index (χ2n) is 7.67. The number of hydrogen-bond acceptors (Lipinski definition) is 6. The minimum atomic E-state index is -0.539. The van der Waals surface area contributed by atoms with Crippen LogP contribution in [0, 0.1) is 5.92 Å². The van der Waals surface area contributed by atoms with Crippen molar-refractivity contribution in [1.82, 2.24) is 14.9 Å². The molecule has 0 radical (unpaired) electrons. The van der Waals surface area contributed by atoms with Crippen molar-refractivity contribution in [1.29, 1.82) is 0 Å². The topological polar surface area (TPSA) is 75.6 Å². The smallest absolute Gasteiger partial charge is 0.360 e. The van der Waals surface area contributed by atoms with Gasteiger partial charge in [-0.3, -0.25) is 4.79 Å². The van der Waals surface area contributed by atoms with E-state index in [0.717, 1.165) is 6.42 Å². The molecule has 1 saturated heterocycles. The molecule has 30 heavy (non-hydrogen) atoms. The lowest BCUT2D eigenvalue weighted by Gasteiger charge is -2.36. The molecule has 0 N–H and O–H groups in total. The van der Waals surface area contributed by atoms with Gasteiger partial charge in [0, 0.05) is 32.6 Å². The molecule has 7 nitrogen and oxygen atoms in total. The first kappa shape index (κ1) is 22.6. The maximum absolute atomic E-state index is 12.6. The summed E-state index contributed by atoms with van der Waals surface area (Å²) in [6, 6.07) is 3.22. The molecule has 0 saturated carbocycles. The van der Waals surface area contributed by atoms with Gasteiger partial charge >= 0.3 is 5.97 Å². The molecule has 2 aromatic rings. The molecule has 3 rings (SSSR count). The van der Waals surface area contributed by atoms with Gasteiger partial charge in [-0.25, -0.2) is 14.8 Å². The second kappa shape index (κ2) is 9.79. The quantitative estimate of drug-likeness (QED) is 0.611. The lowest BCUT2D eigenvalue weighted by atomic mass is 10.1. The fourth-order valence-corrected chi connectivity index (χ4v) is 3.65. The van der Waals surface area contributed by atoms with Crippen molar-refractivity contribution in [2.45, 2.75) is 33.6 Å².